The van der Waals surface area contributed by atoms with Crippen molar-refractivity contribution in [2.24, 2.45) is 0 Å². The Morgan fingerprint density at radius 2 is 2.11 bits per heavy atom. The minimum absolute atomic E-state index is 0. The molecule has 19 heavy (non-hydrogen) atoms. The van der Waals surface area contributed by atoms with Gasteiger partial charge in [0.2, 0.25) is 0 Å². The van der Waals surface area contributed by atoms with Crippen LogP contribution in [-0.4, -0.2) is 16.1 Å². The van der Waals surface area contributed by atoms with E-state index in [1.54, 1.807) is 12.3 Å². The highest BCUT2D eigenvalue weighted by atomic mass is 35.5. The van der Waals surface area contributed by atoms with Crippen molar-refractivity contribution in [3.8, 4) is 0 Å². The van der Waals surface area contributed by atoms with Crippen LogP contribution < -0.4 is 5.32 Å². The molecule has 1 N–H and O–H groups in total. The number of imidazole rings is 1. The maximum absolute atomic E-state index is 6.09. The van der Waals surface area contributed by atoms with Gasteiger partial charge in [-0.3, -0.25) is 0 Å². The minimum Gasteiger partial charge on any atom is -0.337 e. The van der Waals surface area contributed by atoms with Gasteiger partial charge in [0.15, 0.2) is 0 Å². The summed E-state index contributed by atoms with van der Waals surface area (Å²) in [5.74, 6) is 0. The summed E-state index contributed by atoms with van der Waals surface area (Å²) in [6.07, 6.45) is 6.65. The Bertz CT molecular complexity index is 486. The molecule has 0 radical (unpaired) electrons. The molecule has 2 rings (SSSR count). The quantitative estimate of drug-likeness (QED) is 0.821. The van der Waals surface area contributed by atoms with Crippen LogP contribution in [0.3, 0.4) is 0 Å². The molecule has 0 bridgehead atoms. The Balaban J connectivity index is 0.00000180. The Morgan fingerprint density at radius 1 is 1.26 bits per heavy atom. The number of hydrogen-bond acceptors (Lipinski definition) is 2. The first-order chi connectivity index (χ1) is 8.75. The Morgan fingerprint density at radius 3 is 2.79 bits per heavy atom. The van der Waals surface area contributed by atoms with Crippen molar-refractivity contribution in [1.82, 2.24) is 14.9 Å². The van der Waals surface area contributed by atoms with Crippen LogP contribution in [0, 0.1) is 0 Å². The molecule has 0 unspecified atom stereocenters. The van der Waals surface area contributed by atoms with Gasteiger partial charge in [0.1, 0.15) is 0 Å². The highest BCUT2D eigenvalue weighted by molar-refractivity contribution is 6.35. The van der Waals surface area contributed by atoms with E-state index in [9.17, 15) is 0 Å². The van der Waals surface area contributed by atoms with E-state index in [-0.39, 0.29) is 12.4 Å². The smallest absolute Gasteiger partial charge is 0.0945 e. The first-order valence-corrected chi connectivity index (χ1v) is 6.61. The van der Waals surface area contributed by atoms with Crippen molar-refractivity contribution in [2.75, 3.05) is 6.54 Å². The van der Waals surface area contributed by atoms with Gasteiger partial charge in [-0.25, -0.2) is 4.98 Å². The van der Waals surface area contributed by atoms with Crippen LogP contribution >= 0.6 is 35.6 Å². The second-order valence-corrected chi connectivity index (χ2v) is 4.91. The van der Waals surface area contributed by atoms with Crippen LogP contribution in [0.25, 0.3) is 0 Å². The van der Waals surface area contributed by atoms with Crippen molar-refractivity contribution in [2.45, 2.75) is 19.5 Å². The number of nitrogens with one attached hydrogen (secondary N) is 1. The summed E-state index contributed by atoms with van der Waals surface area (Å²) in [5.41, 5.74) is 1.07. The van der Waals surface area contributed by atoms with Crippen LogP contribution in [0.4, 0.5) is 0 Å². The van der Waals surface area contributed by atoms with E-state index in [2.05, 4.69) is 14.9 Å². The summed E-state index contributed by atoms with van der Waals surface area (Å²) in [7, 11) is 0. The van der Waals surface area contributed by atoms with E-state index in [4.69, 9.17) is 23.2 Å². The van der Waals surface area contributed by atoms with Crippen LogP contribution in [0.1, 0.15) is 12.0 Å². The molecule has 0 saturated heterocycles. The number of halogens is 3. The van der Waals surface area contributed by atoms with E-state index in [0.717, 1.165) is 31.6 Å². The fraction of sp³-hybridized carbons (Fsp3) is 0.308. The first-order valence-electron chi connectivity index (χ1n) is 5.86. The molecule has 0 aliphatic heterocycles. The molecule has 3 nitrogen and oxygen atoms in total. The maximum atomic E-state index is 6.09. The van der Waals surface area contributed by atoms with Crippen molar-refractivity contribution in [3.05, 3.63) is 52.5 Å². The zero-order valence-electron chi connectivity index (χ0n) is 10.4. The molecule has 0 spiro atoms. The second kappa shape index (κ2) is 8.43. The number of aromatic nitrogens is 2. The van der Waals surface area contributed by atoms with Crippen molar-refractivity contribution in [1.29, 1.82) is 0 Å². The third kappa shape index (κ3) is 5.41. The van der Waals surface area contributed by atoms with Gasteiger partial charge in [0.05, 0.1) is 6.33 Å². The molecule has 0 aliphatic carbocycles. The van der Waals surface area contributed by atoms with Crippen LogP contribution in [0.2, 0.25) is 10.0 Å². The molecule has 0 atom stereocenters. The van der Waals surface area contributed by atoms with Crippen LogP contribution in [-0.2, 0) is 13.1 Å². The average molecular weight is 321 g/mol. The molecule has 0 saturated carbocycles. The lowest BCUT2D eigenvalue weighted by atomic mass is 10.2. The normalized spacial score (nSPS) is 10.2. The monoisotopic (exact) mass is 319 g/mol. The van der Waals surface area contributed by atoms with Gasteiger partial charge >= 0.3 is 0 Å². The zero-order chi connectivity index (χ0) is 12.8. The SMILES string of the molecule is Cl.Clc1ccc(CNCCCn2ccnc2)c(Cl)c1. The van der Waals surface area contributed by atoms with Gasteiger partial charge in [-0.15, -0.1) is 12.4 Å². The number of nitrogens with zero attached hydrogens (tertiary/aromatic N) is 2. The topological polar surface area (TPSA) is 29.9 Å². The van der Waals surface area contributed by atoms with Crippen molar-refractivity contribution >= 4 is 35.6 Å². The number of aryl methyl sites for hydroxylation is 1. The number of hydrogen-bond donors (Lipinski definition) is 1. The van der Waals surface area contributed by atoms with E-state index < -0.39 is 0 Å². The summed E-state index contributed by atoms with van der Waals surface area (Å²) >= 11 is 11.9. The molecule has 6 heteroatoms. The molecular formula is C13H16Cl3N3. The van der Waals surface area contributed by atoms with Gasteiger partial charge < -0.3 is 9.88 Å². The summed E-state index contributed by atoms with van der Waals surface area (Å²) in [5, 5.41) is 4.75. The largest absolute Gasteiger partial charge is 0.337 e. The Kier molecular flexibility index (Phi) is 7.24. The van der Waals surface area contributed by atoms with Gasteiger partial charge in [0, 0.05) is 35.5 Å². The van der Waals surface area contributed by atoms with E-state index in [1.807, 2.05) is 24.7 Å². The lowest BCUT2D eigenvalue weighted by molar-refractivity contribution is 0.581. The average Bonchev–Trinajstić information content (AvgIpc) is 2.84. The van der Waals surface area contributed by atoms with Crippen LogP contribution in [0.15, 0.2) is 36.9 Å². The van der Waals surface area contributed by atoms with Crippen molar-refractivity contribution in [3.63, 3.8) is 0 Å². The fourth-order valence-corrected chi connectivity index (χ4v) is 2.17. The minimum atomic E-state index is 0. The summed E-state index contributed by atoms with van der Waals surface area (Å²) in [6.45, 7) is 2.68. The standard InChI is InChI=1S/C13H15Cl2N3.ClH/c14-12-3-2-11(13(15)8-12)9-16-4-1-6-18-7-5-17-10-18;/h2-3,5,7-8,10,16H,1,4,6,9H2;1H. The van der Waals surface area contributed by atoms with E-state index >= 15 is 0 Å². The highest BCUT2D eigenvalue weighted by Gasteiger charge is 2.00. The zero-order valence-corrected chi connectivity index (χ0v) is 12.7. The number of benzene rings is 1. The Hall–Kier alpha value is -0.740. The maximum Gasteiger partial charge on any atom is 0.0945 e. The number of rotatable bonds is 6. The molecular weight excluding hydrogens is 305 g/mol. The summed E-state index contributed by atoms with van der Waals surface area (Å²) in [6, 6.07) is 5.58. The summed E-state index contributed by atoms with van der Waals surface area (Å²) in [4.78, 5) is 4.00. The second-order valence-electron chi connectivity index (χ2n) is 4.07. The Labute approximate surface area is 129 Å². The van der Waals surface area contributed by atoms with E-state index in [0.29, 0.717) is 10.0 Å². The molecule has 1 aromatic heterocycles. The molecule has 0 amide bonds. The third-order valence-corrected chi connectivity index (χ3v) is 3.25. The first kappa shape index (κ1) is 16.3. The predicted molar refractivity (Wildman–Crippen MR) is 82.3 cm³/mol. The van der Waals surface area contributed by atoms with Gasteiger partial charge in [-0.05, 0) is 30.7 Å². The van der Waals surface area contributed by atoms with Gasteiger partial charge in [-0.2, -0.15) is 0 Å². The molecule has 104 valence electrons. The van der Waals surface area contributed by atoms with Crippen molar-refractivity contribution < 1.29 is 0 Å². The lowest BCUT2D eigenvalue weighted by Crippen LogP contribution is -2.16. The van der Waals surface area contributed by atoms with Gasteiger partial charge in [-0.1, -0.05) is 29.3 Å². The predicted octanol–water partition coefficient (Wildman–Crippen LogP) is 3.79. The summed E-state index contributed by atoms with van der Waals surface area (Å²) < 4.78 is 2.07. The third-order valence-electron chi connectivity index (χ3n) is 2.66. The fourth-order valence-electron chi connectivity index (χ4n) is 1.69. The van der Waals surface area contributed by atoms with Gasteiger partial charge in [0.25, 0.3) is 0 Å². The van der Waals surface area contributed by atoms with E-state index in [1.165, 1.54) is 0 Å². The molecule has 1 heterocycles. The molecule has 2 aromatic rings. The highest BCUT2D eigenvalue weighted by Crippen LogP contribution is 2.20. The molecule has 1 aromatic carbocycles. The molecule has 0 fully saturated rings. The molecule has 0 aliphatic rings. The van der Waals surface area contributed by atoms with Crippen LogP contribution in [0.5, 0.6) is 0 Å². The lowest BCUT2D eigenvalue weighted by Gasteiger charge is -2.07.